The molecular formula is C11H13FO2. The Balaban J connectivity index is 2.57. The van der Waals surface area contributed by atoms with Crippen molar-refractivity contribution in [3.8, 4) is 5.75 Å². The molecule has 0 radical (unpaired) electrons. The largest absolute Gasteiger partial charge is 0.508 e. The molecule has 0 spiro atoms. The summed E-state index contributed by atoms with van der Waals surface area (Å²) in [5, 5.41) is 9.35. The highest BCUT2D eigenvalue weighted by Gasteiger charge is 2.03. The normalized spacial score (nSPS) is 10.1. The van der Waals surface area contributed by atoms with Crippen LogP contribution in [0.5, 0.6) is 5.75 Å². The molecule has 0 atom stereocenters. The Hall–Kier alpha value is -1.38. The van der Waals surface area contributed by atoms with Gasteiger partial charge in [-0.05, 0) is 43.5 Å². The maximum Gasteiger partial charge on any atom is 0.129 e. The number of ketones is 1. The number of aromatic hydroxyl groups is 1. The molecule has 0 saturated heterocycles. The van der Waals surface area contributed by atoms with Gasteiger partial charge in [0.2, 0.25) is 0 Å². The van der Waals surface area contributed by atoms with Crippen LogP contribution in [-0.2, 0) is 11.2 Å². The first-order chi connectivity index (χ1) is 6.59. The lowest BCUT2D eigenvalue weighted by Crippen LogP contribution is -1.93. The van der Waals surface area contributed by atoms with Gasteiger partial charge in [0.15, 0.2) is 0 Å². The van der Waals surface area contributed by atoms with Crippen LogP contribution in [0, 0.1) is 5.82 Å². The van der Waals surface area contributed by atoms with Crippen molar-refractivity contribution in [3.05, 3.63) is 29.6 Å². The number of halogens is 1. The van der Waals surface area contributed by atoms with Gasteiger partial charge < -0.3 is 9.90 Å². The second-order valence-corrected chi connectivity index (χ2v) is 3.33. The monoisotopic (exact) mass is 196 g/mol. The molecule has 0 amide bonds. The fraction of sp³-hybridized carbons (Fsp3) is 0.364. The molecule has 2 nitrogen and oxygen atoms in total. The third-order valence-electron chi connectivity index (χ3n) is 2.02. The molecule has 0 unspecified atom stereocenters. The SMILES string of the molecule is CC(=O)CCCc1cc(F)ccc1O. The van der Waals surface area contributed by atoms with Crippen LogP contribution in [0.4, 0.5) is 4.39 Å². The van der Waals surface area contributed by atoms with Crippen LogP contribution in [0.2, 0.25) is 0 Å². The van der Waals surface area contributed by atoms with E-state index in [1.807, 2.05) is 0 Å². The highest BCUT2D eigenvalue weighted by atomic mass is 19.1. The van der Waals surface area contributed by atoms with Crippen molar-refractivity contribution < 1.29 is 14.3 Å². The van der Waals surface area contributed by atoms with E-state index >= 15 is 0 Å². The predicted octanol–water partition coefficient (Wildman–Crippen LogP) is 2.44. The van der Waals surface area contributed by atoms with Crippen LogP contribution in [0.15, 0.2) is 18.2 Å². The quantitative estimate of drug-likeness (QED) is 0.803. The second kappa shape index (κ2) is 4.74. The van der Waals surface area contributed by atoms with Gasteiger partial charge in [-0.2, -0.15) is 0 Å². The van der Waals surface area contributed by atoms with Gasteiger partial charge in [0.1, 0.15) is 17.3 Å². The van der Waals surface area contributed by atoms with Crippen molar-refractivity contribution in [1.82, 2.24) is 0 Å². The molecule has 0 bridgehead atoms. The van der Waals surface area contributed by atoms with Gasteiger partial charge in [-0.3, -0.25) is 0 Å². The average molecular weight is 196 g/mol. The van der Waals surface area contributed by atoms with Crippen molar-refractivity contribution in [3.63, 3.8) is 0 Å². The molecule has 0 heterocycles. The van der Waals surface area contributed by atoms with Crippen LogP contribution in [0.25, 0.3) is 0 Å². The summed E-state index contributed by atoms with van der Waals surface area (Å²) in [5.41, 5.74) is 0.561. The number of carbonyl (C=O) groups excluding carboxylic acids is 1. The first kappa shape index (κ1) is 10.7. The molecule has 0 saturated carbocycles. The third kappa shape index (κ3) is 3.17. The lowest BCUT2D eigenvalue weighted by molar-refractivity contribution is -0.117. The summed E-state index contributed by atoms with van der Waals surface area (Å²) in [6.45, 7) is 1.52. The summed E-state index contributed by atoms with van der Waals surface area (Å²) in [5.74, 6) is -0.156. The Morgan fingerprint density at radius 1 is 1.50 bits per heavy atom. The molecule has 1 rings (SSSR count). The Bertz CT molecular complexity index is 334. The molecule has 1 aromatic rings. The van der Waals surface area contributed by atoms with E-state index in [0.29, 0.717) is 24.8 Å². The number of benzene rings is 1. The topological polar surface area (TPSA) is 37.3 Å². The molecule has 0 aliphatic rings. The highest BCUT2D eigenvalue weighted by Crippen LogP contribution is 2.19. The third-order valence-corrected chi connectivity index (χ3v) is 2.02. The number of hydrogen-bond donors (Lipinski definition) is 1. The Morgan fingerprint density at radius 3 is 2.86 bits per heavy atom. The second-order valence-electron chi connectivity index (χ2n) is 3.33. The van der Waals surface area contributed by atoms with Crippen molar-refractivity contribution in [2.24, 2.45) is 0 Å². The van der Waals surface area contributed by atoms with E-state index < -0.39 is 0 Å². The molecule has 1 aromatic carbocycles. The molecular weight excluding hydrogens is 183 g/mol. The molecule has 3 heteroatoms. The zero-order valence-corrected chi connectivity index (χ0v) is 8.09. The van der Waals surface area contributed by atoms with E-state index in [4.69, 9.17) is 0 Å². The minimum atomic E-state index is -0.361. The van der Waals surface area contributed by atoms with Crippen molar-refractivity contribution in [2.75, 3.05) is 0 Å². The standard InChI is InChI=1S/C11H13FO2/c1-8(13)3-2-4-9-7-10(12)5-6-11(9)14/h5-7,14H,2-4H2,1H3. The van der Waals surface area contributed by atoms with E-state index in [-0.39, 0.29) is 17.3 Å². The number of aryl methyl sites for hydroxylation is 1. The van der Waals surface area contributed by atoms with E-state index in [9.17, 15) is 14.3 Å². The van der Waals surface area contributed by atoms with Gasteiger partial charge in [-0.1, -0.05) is 0 Å². The van der Waals surface area contributed by atoms with Gasteiger partial charge in [-0.25, -0.2) is 4.39 Å². The number of Topliss-reactive ketones (excluding diaryl/α,β-unsaturated/α-hetero) is 1. The van der Waals surface area contributed by atoms with Crippen LogP contribution in [0.1, 0.15) is 25.3 Å². The van der Waals surface area contributed by atoms with E-state index in [1.165, 1.54) is 25.1 Å². The number of phenolic OH excluding ortho intramolecular Hbond substituents is 1. The van der Waals surface area contributed by atoms with Crippen LogP contribution in [-0.4, -0.2) is 10.9 Å². The average Bonchev–Trinajstić information content (AvgIpc) is 2.10. The zero-order chi connectivity index (χ0) is 10.6. The fourth-order valence-electron chi connectivity index (χ4n) is 1.28. The molecule has 14 heavy (non-hydrogen) atoms. The first-order valence-electron chi connectivity index (χ1n) is 4.56. The summed E-state index contributed by atoms with van der Waals surface area (Å²) in [7, 11) is 0. The number of rotatable bonds is 4. The molecule has 0 aliphatic carbocycles. The first-order valence-corrected chi connectivity index (χ1v) is 4.56. The van der Waals surface area contributed by atoms with Gasteiger partial charge >= 0.3 is 0 Å². The molecule has 1 N–H and O–H groups in total. The highest BCUT2D eigenvalue weighted by molar-refractivity contribution is 5.75. The van der Waals surface area contributed by atoms with E-state index in [0.717, 1.165) is 0 Å². The van der Waals surface area contributed by atoms with Gasteiger partial charge in [-0.15, -0.1) is 0 Å². The lowest BCUT2D eigenvalue weighted by Gasteiger charge is -2.03. The van der Waals surface area contributed by atoms with Crippen molar-refractivity contribution in [1.29, 1.82) is 0 Å². The molecule has 0 aliphatic heterocycles. The predicted molar refractivity (Wildman–Crippen MR) is 51.7 cm³/mol. The van der Waals surface area contributed by atoms with Gasteiger partial charge in [0.05, 0.1) is 0 Å². The number of hydrogen-bond acceptors (Lipinski definition) is 2. The smallest absolute Gasteiger partial charge is 0.129 e. The van der Waals surface area contributed by atoms with Gasteiger partial charge in [0, 0.05) is 6.42 Å². The van der Waals surface area contributed by atoms with E-state index in [2.05, 4.69) is 0 Å². The summed E-state index contributed by atoms with van der Waals surface area (Å²) < 4.78 is 12.8. The minimum Gasteiger partial charge on any atom is -0.508 e. The Morgan fingerprint density at radius 2 is 2.21 bits per heavy atom. The Kier molecular flexibility index (Phi) is 3.63. The van der Waals surface area contributed by atoms with Crippen LogP contribution < -0.4 is 0 Å². The zero-order valence-electron chi connectivity index (χ0n) is 8.09. The molecule has 0 fully saturated rings. The minimum absolute atomic E-state index is 0.0925. The number of carbonyl (C=O) groups is 1. The summed E-state index contributed by atoms with van der Waals surface area (Å²) >= 11 is 0. The maximum absolute atomic E-state index is 12.8. The fourth-order valence-corrected chi connectivity index (χ4v) is 1.28. The number of phenols is 1. The van der Waals surface area contributed by atoms with Crippen LogP contribution in [0.3, 0.4) is 0 Å². The summed E-state index contributed by atoms with van der Waals surface area (Å²) in [4.78, 5) is 10.6. The Labute approximate surface area is 82.4 Å². The molecule has 76 valence electrons. The van der Waals surface area contributed by atoms with Crippen molar-refractivity contribution >= 4 is 5.78 Å². The van der Waals surface area contributed by atoms with Crippen LogP contribution >= 0.6 is 0 Å². The molecule has 0 aromatic heterocycles. The maximum atomic E-state index is 12.8. The van der Waals surface area contributed by atoms with Crippen molar-refractivity contribution in [2.45, 2.75) is 26.2 Å². The summed E-state index contributed by atoms with van der Waals surface area (Å²) in [6.07, 6.45) is 1.64. The lowest BCUT2D eigenvalue weighted by atomic mass is 10.1. The summed E-state index contributed by atoms with van der Waals surface area (Å²) in [6, 6.07) is 3.84. The van der Waals surface area contributed by atoms with E-state index in [1.54, 1.807) is 0 Å². The van der Waals surface area contributed by atoms with Gasteiger partial charge in [0.25, 0.3) is 0 Å².